The van der Waals surface area contributed by atoms with Crippen molar-refractivity contribution in [2.75, 3.05) is 5.75 Å². The lowest BCUT2D eigenvalue weighted by Crippen LogP contribution is -2.22. The summed E-state index contributed by atoms with van der Waals surface area (Å²) in [5.74, 6) is 0.248. The summed E-state index contributed by atoms with van der Waals surface area (Å²) in [6.07, 6.45) is 0. The Morgan fingerprint density at radius 2 is 1.64 bits per heavy atom. The summed E-state index contributed by atoms with van der Waals surface area (Å²) in [5, 5.41) is 11.3. The van der Waals surface area contributed by atoms with Crippen molar-refractivity contribution in [3.05, 3.63) is 54.3 Å². The van der Waals surface area contributed by atoms with Crippen molar-refractivity contribution >= 4 is 28.3 Å². The molecule has 1 heterocycles. The Hall–Kier alpha value is -2.27. The van der Waals surface area contributed by atoms with Gasteiger partial charge in [0.25, 0.3) is 0 Å². The van der Waals surface area contributed by atoms with Gasteiger partial charge < -0.3 is 0 Å². The topological polar surface area (TPSA) is 42.9 Å². The fraction of sp³-hybridized carbons (Fsp3) is 0.250. The average Bonchev–Trinajstić information content (AvgIpc) is 2.59. The van der Waals surface area contributed by atoms with Crippen molar-refractivity contribution in [2.24, 2.45) is 5.41 Å². The van der Waals surface area contributed by atoms with Crippen LogP contribution >= 0.6 is 11.8 Å². The zero-order valence-electron chi connectivity index (χ0n) is 14.4. The van der Waals surface area contributed by atoms with Crippen LogP contribution in [-0.2, 0) is 4.79 Å². The minimum Gasteiger partial charge on any atom is -0.298 e. The van der Waals surface area contributed by atoms with E-state index in [1.807, 2.05) is 45.0 Å². The maximum Gasteiger partial charge on any atom is 0.148 e. The highest BCUT2D eigenvalue weighted by Crippen LogP contribution is 2.32. The third-order valence-corrected chi connectivity index (χ3v) is 4.93. The Morgan fingerprint density at radius 3 is 2.28 bits per heavy atom. The predicted octanol–water partition coefficient (Wildman–Crippen LogP) is 5.14. The lowest BCUT2D eigenvalue weighted by atomic mass is 9.92. The van der Waals surface area contributed by atoms with Crippen molar-refractivity contribution in [3.63, 3.8) is 0 Å². The molecule has 25 heavy (non-hydrogen) atoms. The average molecular weight is 354 g/mol. The van der Waals surface area contributed by atoms with Gasteiger partial charge in [0, 0.05) is 21.8 Å². The van der Waals surface area contributed by atoms with E-state index in [1.165, 1.54) is 23.9 Å². The first kappa shape index (κ1) is 17.5. The molecule has 0 aliphatic carbocycles. The number of thioether (sulfide) groups is 1. The van der Waals surface area contributed by atoms with Crippen LogP contribution in [0.5, 0.6) is 0 Å². The first-order valence-corrected chi connectivity index (χ1v) is 9.02. The molecule has 0 fully saturated rings. The molecule has 128 valence electrons. The van der Waals surface area contributed by atoms with Crippen LogP contribution in [0.3, 0.4) is 0 Å². The molecule has 0 saturated heterocycles. The molecule has 0 atom stereocenters. The largest absolute Gasteiger partial charge is 0.298 e. The number of benzene rings is 2. The van der Waals surface area contributed by atoms with E-state index in [9.17, 15) is 9.18 Å². The molecule has 0 bridgehead atoms. The van der Waals surface area contributed by atoms with Gasteiger partial charge in [0.05, 0.1) is 5.75 Å². The van der Waals surface area contributed by atoms with Gasteiger partial charge in [-0.05, 0) is 24.3 Å². The van der Waals surface area contributed by atoms with Crippen LogP contribution in [0.2, 0.25) is 0 Å². The van der Waals surface area contributed by atoms with E-state index in [0.717, 1.165) is 21.4 Å². The number of carbonyl (C=O) groups excluding carboxylic acids is 1. The predicted molar refractivity (Wildman–Crippen MR) is 100 cm³/mol. The Balaban J connectivity index is 1.99. The number of Topliss-reactive ketones (excluding diaryl/α,β-unsaturated/α-hetero) is 1. The van der Waals surface area contributed by atoms with E-state index < -0.39 is 0 Å². The smallest absolute Gasteiger partial charge is 0.148 e. The van der Waals surface area contributed by atoms with Crippen molar-refractivity contribution in [3.8, 4) is 11.3 Å². The fourth-order valence-corrected chi connectivity index (χ4v) is 3.49. The monoisotopic (exact) mass is 354 g/mol. The number of ketones is 1. The molecule has 3 nitrogen and oxygen atoms in total. The third kappa shape index (κ3) is 3.87. The second-order valence-corrected chi connectivity index (χ2v) is 7.83. The van der Waals surface area contributed by atoms with Gasteiger partial charge in [-0.3, -0.25) is 4.79 Å². The Kier molecular flexibility index (Phi) is 4.86. The van der Waals surface area contributed by atoms with Gasteiger partial charge in [0.15, 0.2) is 0 Å². The molecule has 5 heteroatoms. The van der Waals surface area contributed by atoms with Crippen LogP contribution in [0, 0.1) is 11.2 Å². The number of fused-ring (bicyclic) bond motifs is 1. The summed E-state index contributed by atoms with van der Waals surface area (Å²) in [6.45, 7) is 5.74. The second-order valence-electron chi connectivity index (χ2n) is 6.87. The lowest BCUT2D eigenvalue weighted by Gasteiger charge is -2.16. The number of halogens is 1. The highest BCUT2D eigenvalue weighted by atomic mass is 32.2. The maximum absolute atomic E-state index is 13.2. The third-order valence-electron chi connectivity index (χ3n) is 3.95. The van der Waals surface area contributed by atoms with Crippen LogP contribution < -0.4 is 0 Å². The highest BCUT2D eigenvalue weighted by molar-refractivity contribution is 8.00. The van der Waals surface area contributed by atoms with Gasteiger partial charge in [0.2, 0.25) is 0 Å². The van der Waals surface area contributed by atoms with E-state index >= 15 is 0 Å². The van der Waals surface area contributed by atoms with Gasteiger partial charge in [-0.2, -0.15) is 0 Å². The van der Waals surface area contributed by atoms with E-state index in [0.29, 0.717) is 11.4 Å². The molecule has 0 aliphatic heterocycles. The molecule has 0 saturated carbocycles. The van der Waals surface area contributed by atoms with Crippen molar-refractivity contribution < 1.29 is 9.18 Å². The van der Waals surface area contributed by atoms with Gasteiger partial charge in [0.1, 0.15) is 22.3 Å². The number of carbonyl (C=O) groups is 1. The van der Waals surface area contributed by atoms with E-state index in [-0.39, 0.29) is 17.0 Å². The van der Waals surface area contributed by atoms with E-state index in [4.69, 9.17) is 0 Å². The zero-order chi connectivity index (χ0) is 18.0. The Morgan fingerprint density at radius 1 is 1.00 bits per heavy atom. The molecule has 1 aromatic heterocycles. The fourth-order valence-electron chi connectivity index (χ4n) is 2.36. The Labute approximate surface area is 150 Å². The number of rotatable bonds is 4. The van der Waals surface area contributed by atoms with Crippen LogP contribution in [-0.4, -0.2) is 21.7 Å². The Bertz CT molecular complexity index is 917. The number of hydrogen-bond acceptors (Lipinski definition) is 4. The minimum absolute atomic E-state index is 0.172. The van der Waals surface area contributed by atoms with E-state index in [2.05, 4.69) is 10.2 Å². The molecule has 0 unspecified atom stereocenters. The molecule has 0 N–H and O–H groups in total. The summed E-state index contributed by atoms with van der Waals surface area (Å²) in [6, 6.07) is 14.0. The molecular weight excluding hydrogens is 335 g/mol. The first-order valence-electron chi connectivity index (χ1n) is 8.04. The van der Waals surface area contributed by atoms with Gasteiger partial charge in [-0.25, -0.2) is 4.39 Å². The zero-order valence-corrected chi connectivity index (χ0v) is 15.2. The van der Waals surface area contributed by atoms with Crippen LogP contribution in [0.4, 0.5) is 4.39 Å². The molecule has 0 radical (unpaired) electrons. The normalized spacial score (nSPS) is 11.7. The molecule has 0 aliphatic rings. The molecule has 2 aromatic carbocycles. The number of nitrogens with zero attached hydrogens (tertiary/aromatic N) is 2. The second kappa shape index (κ2) is 6.92. The minimum atomic E-state index is -0.371. The molecule has 0 spiro atoms. The van der Waals surface area contributed by atoms with Crippen molar-refractivity contribution in [1.29, 1.82) is 0 Å². The summed E-state index contributed by atoms with van der Waals surface area (Å²) in [7, 11) is 0. The molecule has 3 rings (SSSR count). The van der Waals surface area contributed by atoms with Gasteiger partial charge >= 0.3 is 0 Å². The standard InChI is InChI=1S/C20H19FN2OS/c1-20(2,3)17(24)12-25-19-16-7-5-4-6-15(16)18(22-23-19)13-8-10-14(21)11-9-13/h4-11H,12H2,1-3H3. The SMILES string of the molecule is CC(C)(C)C(=O)CSc1nnc(-c2ccc(F)cc2)c2ccccc12. The first-order chi connectivity index (χ1) is 11.9. The van der Waals surface area contributed by atoms with Crippen LogP contribution in [0.25, 0.3) is 22.0 Å². The lowest BCUT2D eigenvalue weighted by molar-refractivity contribution is -0.123. The molecular formula is C20H19FN2OS. The van der Waals surface area contributed by atoms with Crippen molar-refractivity contribution in [1.82, 2.24) is 10.2 Å². The van der Waals surface area contributed by atoms with Crippen LogP contribution in [0.1, 0.15) is 20.8 Å². The quantitative estimate of drug-likeness (QED) is 0.608. The summed E-state index contributed by atoms with van der Waals surface area (Å²) in [5.41, 5.74) is 1.15. The molecule has 3 aromatic rings. The van der Waals surface area contributed by atoms with Gasteiger partial charge in [-0.15, -0.1) is 10.2 Å². The number of hydrogen-bond donors (Lipinski definition) is 0. The maximum atomic E-state index is 13.2. The van der Waals surface area contributed by atoms with Gasteiger partial charge in [-0.1, -0.05) is 56.8 Å². The number of aromatic nitrogens is 2. The highest BCUT2D eigenvalue weighted by Gasteiger charge is 2.22. The van der Waals surface area contributed by atoms with Crippen LogP contribution in [0.15, 0.2) is 53.6 Å². The summed E-state index contributed by atoms with van der Waals surface area (Å²) in [4.78, 5) is 12.2. The molecule has 0 amide bonds. The summed E-state index contributed by atoms with van der Waals surface area (Å²) >= 11 is 1.41. The summed E-state index contributed by atoms with van der Waals surface area (Å²) < 4.78 is 13.2. The van der Waals surface area contributed by atoms with E-state index in [1.54, 1.807) is 12.1 Å². The van der Waals surface area contributed by atoms with Crippen molar-refractivity contribution in [2.45, 2.75) is 25.8 Å².